The van der Waals surface area contributed by atoms with Gasteiger partial charge in [0, 0.05) is 11.6 Å². The first-order chi connectivity index (χ1) is 15.2. The molecule has 1 aliphatic heterocycles. The Kier molecular flexibility index (Phi) is 4.81. The number of nitrogens with two attached hydrogens (primary N) is 1. The fourth-order valence-corrected chi connectivity index (χ4v) is 3.43. The highest BCUT2D eigenvalue weighted by Crippen LogP contribution is 2.38. The maximum Gasteiger partial charge on any atom is 0.287 e. The zero-order valence-corrected chi connectivity index (χ0v) is 16.5. The van der Waals surface area contributed by atoms with Gasteiger partial charge in [0.15, 0.2) is 5.82 Å². The van der Waals surface area contributed by atoms with E-state index < -0.39 is 27.1 Å². The molecule has 0 aliphatic carbocycles. The summed E-state index contributed by atoms with van der Waals surface area (Å²) in [6, 6.07) is 9.93. The van der Waals surface area contributed by atoms with Gasteiger partial charge in [-0.1, -0.05) is 17.7 Å². The smallest absolute Gasteiger partial charge is 0.287 e. The van der Waals surface area contributed by atoms with Gasteiger partial charge in [0.25, 0.3) is 17.3 Å². The van der Waals surface area contributed by atoms with Gasteiger partial charge in [0.1, 0.15) is 11.5 Å². The number of nitro benzene ring substituents is 2. The predicted molar refractivity (Wildman–Crippen MR) is 111 cm³/mol. The molecule has 2 heterocycles. The van der Waals surface area contributed by atoms with E-state index in [2.05, 4.69) is 9.97 Å². The Balaban J connectivity index is 1.96. The number of benzene rings is 2. The second-order valence-corrected chi connectivity index (χ2v) is 7.02. The van der Waals surface area contributed by atoms with Crippen molar-refractivity contribution in [2.45, 2.75) is 13.3 Å². The van der Waals surface area contributed by atoms with Crippen molar-refractivity contribution in [2.24, 2.45) is 5.73 Å². The minimum Gasteiger partial charge on any atom is -0.364 e. The maximum absolute atomic E-state index is 12.8. The van der Waals surface area contributed by atoms with E-state index in [4.69, 9.17) is 5.73 Å². The van der Waals surface area contributed by atoms with Crippen molar-refractivity contribution in [1.29, 1.82) is 0 Å². The normalized spacial score (nSPS) is 12.5. The summed E-state index contributed by atoms with van der Waals surface area (Å²) in [6.07, 6.45) is -0.176. The first-order valence-electron chi connectivity index (χ1n) is 9.21. The Morgan fingerprint density at radius 3 is 2.34 bits per heavy atom. The van der Waals surface area contributed by atoms with Crippen molar-refractivity contribution >= 4 is 34.7 Å². The molecule has 0 saturated carbocycles. The van der Waals surface area contributed by atoms with E-state index in [0.29, 0.717) is 5.69 Å². The zero-order chi connectivity index (χ0) is 23.2. The van der Waals surface area contributed by atoms with Crippen LogP contribution in [-0.4, -0.2) is 31.6 Å². The fourth-order valence-electron chi connectivity index (χ4n) is 3.43. The molecular formula is C20H14N6O6. The molecule has 3 aromatic rings. The molecule has 1 aliphatic rings. The Morgan fingerprint density at radius 1 is 1.06 bits per heavy atom. The average molecular weight is 434 g/mol. The van der Waals surface area contributed by atoms with Crippen LogP contribution in [0.2, 0.25) is 0 Å². The third-order valence-corrected chi connectivity index (χ3v) is 4.93. The minimum atomic E-state index is -0.937. The highest BCUT2D eigenvalue weighted by molar-refractivity contribution is 6.09. The second-order valence-electron chi connectivity index (χ2n) is 7.02. The van der Waals surface area contributed by atoms with Gasteiger partial charge in [-0.15, -0.1) is 0 Å². The van der Waals surface area contributed by atoms with Crippen LogP contribution in [0, 0.1) is 27.2 Å². The van der Waals surface area contributed by atoms with Crippen molar-refractivity contribution in [3.8, 4) is 11.4 Å². The molecule has 160 valence electrons. The largest absolute Gasteiger partial charge is 0.364 e. The van der Waals surface area contributed by atoms with Crippen LogP contribution in [0.1, 0.15) is 21.6 Å². The van der Waals surface area contributed by atoms with E-state index in [0.717, 1.165) is 23.8 Å². The van der Waals surface area contributed by atoms with Crippen molar-refractivity contribution in [2.75, 3.05) is 4.90 Å². The number of carbonyl (C=O) groups is 2. The summed E-state index contributed by atoms with van der Waals surface area (Å²) >= 11 is 0. The van der Waals surface area contributed by atoms with Crippen LogP contribution >= 0.6 is 0 Å². The highest BCUT2D eigenvalue weighted by atomic mass is 16.6. The molecule has 0 bridgehead atoms. The molecule has 2 aromatic carbocycles. The lowest BCUT2D eigenvalue weighted by molar-refractivity contribution is -0.393. The van der Waals surface area contributed by atoms with E-state index >= 15 is 0 Å². The van der Waals surface area contributed by atoms with Gasteiger partial charge in [-0.2, -0.15) is 0 Å². The van der Waals surface area contributed by atoms with Gasteiger partial charge in [-0.25, -0.2) is 9.97 Å². The van der Waals surface area contributed by atoms with Crippen LogP contribution in [0.3, 0.4) is 0 Å². The molecule has 12 heteroatoms. The van der Waals surface area contributed by atoms with Crippen LogP contribution in [0.4, 0.5) is 22.9 Å². The van der Waals surface area contributed by atoms with Crippen molar-refractivity contribution < 1.29 is 19.4 Å². The highest BCUT2D eigenvalue weighted by Gasteiger charge is 2.36. The number of rotatable bonds is 5. The van der Waals surface area contributed by atoms with Gasteiger partial charge < -0.3 is 5.73 Å². The van der Waals surface area contributed by atoms with Crippen molar-refractivity contribution in [1.82, 2.24) is 9.97 Å². The van der Waals surface area contributed by atoms with Crippen molar-refractivity contribution in [3.05, 3.63) is 79.5 Å². The average Bonchev–Trinajstić information content (AvgIpc) is 3.08. The third kappa shape index (κ3) is 3.39. The molecule has 1 aromatic heterocycles. The van der Waals surface area contributed by atoms with Gasteiger partial charge in [0.2, 0.25) is 5.91 Å². The Hall–Kier alpha value is -4.74. The summed E-state index contributed by atoms with van der Waals surface area (Å²) in [5.41, 5.74) is 5.59. The number of primary amides is 1. The summed E-state index contributed by atoms with van der Waals surface area (Å²) in [7, 11) is 0. The number of fused-ring (bicyclic) bond motifs is 1. The third-order valence-electron chi connectivity index (χ3n) is 4.93. The summed E-state index contributed by atoms with van der Waals surface area (Å²) in [6.45, 7) is 1.88. The molecule has 2 N–H and O–H groups in total. The molecule has 0 saturated heterocycles. The Bertz CT molecular complexity index is 1320. The van der Waals surface area contributed by atoms with Crippen LogP contribution in [-0.2, 0) is 11.2 Å². The molecule has 4 rings (SSSR count). The van der Waals surface area contributed by atoms with E-state index in [1.54, 1.807) is 24.3 Å². The summed E-state index contributed by atoms with van der Waals surface area (Å²) in [5.74, 6) is -1.50. The second kappa shape index (κ2) is 7.50. The molecule has 32 heavy (non-hydrogen) atoms. The molecule has 2 amide bonds. The maximum atomic E-state index is 12.8. The van der Waals surface area contributed by atoms with E-state index in [9.17, 15) is 29.8 Å². The summed E-state index contributed by atoms with van der Waals surface area (Å²) in [4.78, 5) is 55.5. The lowest BCUT2D eigenvalue weighted by Crippen LogP contribution is -2.21. The number of amides is 2. The summed E-state index contributed by atoms with van der Waals surface area (Å²) < 4.78 is 0. The number of anilines is 2. The number of nitro groups is 2. The topological polar surface area (TPSA) is 175 Å². The van der Waals surface area contributed by atoms with Crippen LogP contribution in [0.5, 0.6) is 0 Å². The number of hydrogen-bond acceptors (Lipinski definition) is 8. The van der Waals surface area contributed by atoms with Gasteiger partial charge in [0.05, 0.1) is 33.6 Å². The standard InChI is InChI=1S/C20H14N6O6/c1-10-2-4-11(5-3-10)24-16(27)9-14-17(18(21)28)22-19(23-20(14)24)13-7-6-12(25(29)30)8-15(13)26(31)32/h2-8H,9H2,1H3,(H2,21,28). The molecule has 12 nitrogen and oxygen atoms in total. The fraction of sp³-hybridized carbons (Fsp3) is 0.100. The number of hydrogen-bond donors (Lipinski definition) is 1. The van der Waals surface area contributed by atoms with E-state index in [-0.39, 0.29) is 40.8 Å². The zero-order valence-electron chi connectivity index (χ0n) is 16.5. The number of aryl methyl sites for hydroxylation is 1. The minimum absolute atomic E-state index is 0.0744. The van der Waals surface area contributed by atoms with Gasteiger partial charge in [-0.05, 0) is 25.1 Å². The van der Waals surface area contributed by atoms with E-state index in [1.807, 2.05) is 6.92 Å². The molecule has 0 fully saturated rings. The van der Waals surface area contributed by atoms with Crippen molar-refractivity contribution in [3.63, 3.8) is 0 Å². The number of aromatic nitrogens is 2. The van der Waals surface area contributed by atoms with Crippen LogP contribution in [0.25, 0.3) is 11.4 Å². The first-order valence-corrected chi connectivity index (χ1v) is 9.21. The van der Waals surface area contributed by atoms with Gasteiger partial charge in [-0.3, -0.25) is 34.7 Å². The van der Waals surface area contributed by atoms with Crippen LogP contribution in [0.15, 0.2) is 42.5 Å². The molecule has 0 unspecified atom stereocenters. The Morgan fingerprint density at radius 2 is 1.75 bits per heavy atom. The molecular weight excluding hydrogens is 420 g/mol. The summed E-state index contributed by atoms with van der Waals surface area (Å²) in [5, 5.41) is 22.6. The lowest BCUT2D eigenvalue weighted by atomic mass is 10.1. The van der Waals surface area contributed by atoms with Gasteiger partial charge >= 0.3 is 0 Å². The lowest BCUT2D eigenvalue weighted by Gasteiger charge is -2.17. The Labute approximate surface area is 179 Å². The first kappa shape index (κ1) is 20.5. The monoisotopic (exact) mass is 434 g/mol. The molecule has 0 atom stereocenters. The molecule has 0 radical (unpaired) electrons. The van der Waals surface area contributed by atoms with E-state index in [1.165, 1.54) is 4.90 Å². The predicted octanol–water partition coefficient (Wildman–Crippen LogP) is 2.59. The molecule has 0 spiro atoms. The number of non-ortho nitro benzene ring substituents is 1. The SMILES string of the molecule is Cc1ccc(N2C(=O)Cc3c(C(N)=O)nc(-c4ccc([N+](=O)[O-])cc4[N+](=O)[O-])nc32)cc1. The quantitative estimate of drug-likeness (QED) is 0.470. The number of nitrogens with zero attached hydrogens (tertiary/aromatic N) is 5. The van der Waals surface area contributed by atoms with Crippen LogP contribution < -0.4 is 10.6 Å². The number of carbonyl (C=O) groups excluding carboxylic acids is 2.